The average Bonchev–Trinajstić information content (AvgIpc) is 2.75. The third-order valence-corrected chi connectivity index (χ3v) is 4.20. The highest BCUT2D eigenvalue weighted by atomic mass is 16.6. The van der Waals surface area contributed by atoms with Crippen molar-refractivity contribution in [2.75, 3.05) is 13.1 Å². The monoisotopic (exact) mass is 267 g/mol. The minimum absolute atomic E-state index is 0.166. The fraction of sp³-hybridized carbons (Fsp3) is 0.769. The van der Waals surface area contributed by atoms with Crippen LogP contribution in [-0.2, 0) is 11.3 Å². The second-order valence-electron chi connectivity index (χ2n) is 5.90. The summed E-state index contributed by atoms with van der Waals surface area (Å²) in [6.07, 6.45) is 1.98. The zero-order chi connectivity index (χ0) is 14.0. The number of aromatic nitrogens is 2. The van der Waals surface area contributed by atoms with Gasteiger partial charge in [0.15, 0.2) is 0 Å². The maximum Gasteiger partial charge on any atom is 0.309 e. The molecule has 0 amide bonds. The van der Waals surface area contributed by atoms with E-state index < -0.39 is 11.4 Å². The first kappa shape index (κ1) is 14.0. The molecule has 2 rings (SSSR count). The van der Waals surface area contributed by atoms with Crippen molar-refractivity contribution in [2.45, 2.75) is 40.2 Å². The summed E-state index contributed by atoms with van der Waals surface area (Å²) in [5.41, 5.74) is 0.962. The van der Waals surface area contributed by atoms with Crippen LogP contribution in [0.15, 0.2) is 4.63 Å². The summed E-state index contributed by atoms with van der Waals surface area (Å²) in [6, 6.07) is 0. The van der Waals surface area contributed by atoms with Crippen molar-refractivity contribution < 1.29 is 14.5 Å². The normalized spacial score (nSPS) is 21.5. The Bertz CT molecular complexity index is 456. The maximum absolute atomic E-state index is 11.3. The molecular formula is C13H21N3O3. The van der Waals surface area contributed by atoms with E-state index in [1.165, 1.54) is 0 Å². The van der Waals surface area contributed by atoms with Crippen LogP contribution >= 0.6 is 0 Å². The lowest BCUT2D eigenvalue weighted by molar-refractivity contribution is -0.151. The molecule has 6 heteroatoms. The first-order chi connectivity index (χ1) is 8.91. The Morgan fingerprint density at radius 3 is 2.84 bits per heavy atom. The van der Waals surface area contributed by atoms with E-state index in [-0.39, 0.29) is 5.92 Å². The number of hydrogen-bond acceptors (Lipinski definition) is 5. The molecule has 0 spiro atoms. The molecule has 1 aliphatic rings. The van der Waals surface area contributed by atoms with Crippen LogP contribution in [0.4, 0.5) is 0 Å². The van der Waals surface area contributed by atoms with Crippen LogP contribution in [0.2, 0.25) is 0 Å². The third-order valence-electron chi connectivity index (χ3n) is 4.20. The highest BCUT2D eigenvalue weighted by Gasteiger charge is 2.39. The van der Waals surface area contributed by atoms with Gasteiger partial charge in [0.1, 0.15) is 11.4 Å². The predicted octanol–water partition coefficient (Wildman–Crippen LogP) is 1.70. The number of piperidine rings is 1. The van der Waals surface area contributed by atoms with Gasteiger partial charge < -0.3 is 5.11 Å². The largest absolute Gasteiger partial charge is 0.481 e. The summed E-state index contributed by atoms with van der Waals surface area (Å²) in [5.74, 6) is -0.558. The van der Waals surface area contributed by atoms with E-state index in [0.29, 0.717) is 6.54 Å². The molecule has 1 aromatic heterocycles. The molecule has 0 bridgehead atoms. The summed E-state index contributed by atoms with van der Waals surface area (Å²) >= 11 is 0. The van der Waals surface area contributed by atoms with Gasteiger partial charge in [0.2, 0.25) is 0 Å². The lowest BCUT2D eigenvalue weighted by atomic mass is 9.74. The topological polar surface area (TPSA) is 79.5 Å². The van der Waals surface area contributed by atoms with Crippen LogP contribution in [0.25, 0.3) is 0 Å². The van der Waals surface area contributed by atoms with Gasteiger partial charge in [-0.3, -0.25) is 9.69 Å². The molecular weight excluding hydrogens is 246 g/mol. The molecule has 0 saturated carbocycles. The second kappa shape index (κ2) is 5.28. The van der Waals surface area contributed by atoms with Crippen molar-refractivity contribution in [2.24, 2.45) is 11.3 Å². The number of carbonyl (C=O) groups is 1. The molecule has 6 nitrogen and oxygen atoms in total. The number of nitrogens with zero attached hydrogens (tertiary/aromatic N) is 3. The fourth-order valence-electron chi connectivity index (χ4n) is 2.57. The summed E-state index contributed by atoms with van der Waals surface area (Å²) < 4.78 is 4.70. The first-order valence-corrected chi connectivity index (χ1v) is 6.65. The highest BCUT2D eigenvalue weighted by molar-refractivity contribution is 5.74. The second-order valence-corrected chi connectivity index (χ2v) is 5.90. The van der Waals surface area contributed by atoms with Crippen molar-refractivity contribution in [3.63, 3.8) is 0 Å². The van der Waals surface area contributed by atoms with Crippen LogP contribution in [0, 0.1) is 18.3 Å². The Balaban J connectivity index is 2.02. The molecule has 0 radical (unpaired) electrons. The number of hydrogen-bond donors (Lipinski definition) is 1. The lowest BCUT2D eigenvalue weighted by Crippen LogP contribution is -2.44. The van der Waals surface area contributed by atoms with E-state index in [1.54, 1.807) is 0 Å². The van der Waals surface area contributed by atoms with Crippen LogP contribution in [-0.4, -0.2) is 39.4 Å². The number of aliphatic carboxylic acids is 1. The standard InChI is InChI=1S/C13H21N3O3/c1-9-11(15-19-14-9)8-16-6-4-5-10(7-16)13(2,3)12(17)18/h10H,4-8H2,1-3H3,(H,17,18). The van der Waals surface area contributed by atoms with E-state index in [0.717, 1.165) is 37.3 Å². The van der Waals surface area contributed by atoms with Crippen LogP contribution < -0.4 is 0 Å². The maximum atomic E-state index is 11.3. The number of aryl methyl sites for hydroxylation is 1. The smallest absolute Gasteiger partial charge is 0.309 e. The van der Waals surface area contributed by atoms with Crippen LogP contribution in [0.5, 0.6) is 0 Å². The van der Waals surface area contributed by atoms with E-state index in [2.05, 4.69) is 15.2 Å². The van der Waals surface area contributed by atoms with Gasteiger partial charge >= 0.3 is 5.97 Å². The number of carboxylic acid groups (broad SMARTS) is 1. The van der Waals surface area contributed by atoms with E-state index in [1.807, 2.05) is 20.8 Å². The molecule has 19 heavy (non-hydrogen) atoms. The summed E-state index contributed by atoms with van der Waals surface area (Å²) in [5, 5.41) is 17.0. The van der Waals surface area contributed by atoms with Gasteiger partial charge in [-0.05, 0) is 46.1 Å². The summed E-state index contributed by atoms with van der Waals surface area (Å²) in [6.45, 7) is 7.93. The molecule has 0 aromatic carbocycles. The van der Waals surface area contributed by atoms with Gasteiger partial charge in [-0.15, -0.1) is 0 Å². The number of rotatable bonds is 4. The Kier molecular flexibility index (Phi) is 3.89. The highest BCUT2D eigenvalue weighted by Crippen LogP contribution is 2.34. The molecule has 1 N–H and O–H groups in total. The number of likely N-dealkylation sites (tertiary alicyclic amines) is 1. The zero-order valence-corrected chi connectivity index (χ0v) is 11.7. The first-order valence-electron chi connectivity index (χ1n) is 6.65. The third kappa shape index (κ3) is 2.94. The van der Waals surface area contributed by atoms with E-state index >= 15 is 0 Å². The molecule has 1 aliphatic heterocycles. The Labute approximate surface area is 112 Å². The Morgan fingerprint density at radius 1 is 1.53 bits per heavy atom. The predicted molar refractivity (Wildman–Crippen MR) is 68.5 cm³/mol. The van der Waals surface area contributed by atoms with Gasteiger partial charge in [-0.1, -0.05) is 10.3 Å². The van der Waals surface area contributed by atoms with Gasteiger partial charge in [0, 0.05) is 13.1 Å². The summed E-state index contributed by atoms with van der Waals surface area (Å²) in [7, 11) is 0. The van der Waals surface area contributed by atoms with Gasteiger partial charge in [0.25, 0.3) is 0 Å². The van der Waals surface area contributed by atoms with Crippen molar-refractivity contribution in [3.8, 4) is 0 Å². The van der Waals surface area contributed by atoms with Gasteiger partial charge in [-0.2, -0.15) is 0 Å². The van der Waals surface area contributed by atoms with E-state index in [9.17, 15) is 9.90 Å². The SMILES string of the molecule is Cc1nonc1CN1CCCC(C(C)(C)C(=O)O)C1. The number of carboxylic acids is 1. The van der Waals surface area contributed by atoms with Crippen LogP contribution in [0.1, 0.15) is 38.1 Å². The van der Waals surface area contributed by atoms with Crippen molar-refractivity contribution >= 4 is 5.97 Å². The molecule has 1 fully saturated rings. The summed E-state index contributed by atoms with van der Waals surface area (Å²) in [4.78, 5) is 13.6. The van der Waals surface area contributed by atoms with Gasteiger partial charge in [-0.25, -0.2) is 4.63 Å². The molecule has 1 aromatic rings. The fourth-order valence-corrected chi connectivity index (χ4v) is 2.57. The van der Waals surface area contributed by atoms with Crippen LogP contribution in [0.3, 0.4) is 0 Å². The quantitative estimate of drug-likeness (QED) is 0.894. The average molecular weight is 267 g/mol. The minimum atomic E-state index is -0.723. The van der Waals surface area contributed by atoms with Crippen molar-refractivity contribution in [3.05, 3.63) is 11.4 Å². The minimum Gasteiger partial charge on any atom is -0.481 e. The van der Waals surface area contributed by atoms with Crippen molar-refractivity contribution in [1.82, 2.24) is 15.2 Å². The molecule has 0 aliphatic carbocycles. The molecule has 1 unspecified atom stereocenters. The molecule has 1 saturated heterocycles. The zero-order valence-electron chi connectivity index (χ0n) is 11.7. The Hall–Kier alpha value is -1.43. The lowest BCUT2D eigenvalue weighted by Gasteiger charge is -2.38. The molecule has 106 valence electrons. The van der Waals surface area contributed by atoms with Gasteiger partial charge in [0.05, 0.1) is 5.41 Å². The molecule has 2 heterocycles. The Morgan fingerprint density at radius 2 is 2.26 bits per heavy atom. The van der Waals surface area contributed by atoms with E-state index in [4.69, 9.17) is 4.63 Å². The van der Waals surface area contributed by atoms with Crippen molar-refractivity contribution in [1.29, 1.82) is 0 Å². The molecule has 1 atom stereocenters.